The maximum Gasteiger partial charge on any atom is 0.506 e. The van der Waals surface area contributed by atoms with Crippen LogP contribution in [0, 0.1) is 0 Å². The van der Waals surface area contributed by atoms with Crippen molar-refractivity contribution in [3.63, 3.8) is 0 Å². The van der Waals surface area contributed by atoms with Crippen molar-refractivity contribution in [2.75, 3.05) is 0 Å². The van der Waals surface area contributed by atoms with Crippen molar-refractivity contribution in [2.45, 2.75) is 12.5 Å². The summed E-state index contributed by atoms with van der Waals surface area (Å²) < 4.78 is 4.82. The normalized spacial score (nSPS) is 11.6. The molecule has 0 aliphatic carbocycles. The van der Waals surface area contributed by atoms with E-state index >= 15 is 0 Å². The lowest BCUT2D eigenvalue weighted by atomic mass is 10.0. The van der Waals surface area contributed by atoms with Crippen molar-refractivity contribution in [2.24, 2.45) is 0 Å². The van der Waals surface area contributed by atoms with Gasteiger partial charge in [-0.05, 0) is 5.56 Å². The van der Waals surface area contributed by atoms with Gasteiger partial charge < -0.3 is 9.84 Å². The highest BCUT2D eigenvalue weighted by atomic mass is 16.7. The second-order valence-electron chi connectivity index (χ2n) is 4.28. The molecular formula is C16H14O4. The second kappa shape index (κ2) is 6.52. The summed E-state index contributed by atoms with van der Waals surface area (Å²) in [4.78, 5) is 22.9. The number of carbonyl (C=O) groups is 2. The number of hydrogen-bond donors (Lipinski definition) is 1. The zero-order valence-electron chi connectivity index (χ0n) is 10.7. The summed E-state index contributed by atoms with van der Waals surface area (Å²) in [6.07, 6.45) is -2.19. The molecule has 1 atom stereocenters. The SMILES string of the molecule is O=C(O)OC(CC(=O)c1ccccc1)c1ccccc1. The van der Waals surface area contributed by atoms with Gasteiger partial charge in [-0.15, -0.1) is 0 Å². The van der Waals surface area contributed by atoms with Gasteiger partial charge in [0.25, 0.3) is 0 Å². The Kier molecular flexibility index (Phi) is 4.50. The molecule has 0 fully saturated rings. The van der Waals surface area contributed by atoms with Crippen molar-refractivity contribution in [1.82, 2.24) is 0 Å². The van der Waals surface area contributed by atoms with Crippen LogP contribution in [0.1, 0.15) is 28.4 Å². The Bertz CT molecular complexity index is 578. The Balaban J connectivity index is 2.16. The Labute approximate surface area is 116 Å². The lowest BCUT2D eigenvalue weighted by molar-refractivity contribution is 0.0458. The van der Waals surface area contributed by atoms with Gasteiger partial charge >= 0.3 is 6.16 Å². The van der Waals surface area contributed by atoms with Crippen molar-refractivity contribution in [3.05, 3.63) is 71.8 Å². The van der Waals surface area contributed by atoms with Crippen LogP contribution in [0.15, 0.2) is 60.7 Å². The summed E-state index contributed by atoms with van der Waals surface area (Å²) in [6, 6.07) is 17.6. The van der Waals surface area contributed by atoms with Crippen LogP contribution in [0.2, 0.25) is 0 Å². The first kappa shape index (κ1) is 13.8. The van der Waals surface area contributed by atoms with Crippen LogP contribution in [0.25, 0.3) is 0 Å². The molecule has 2 aromatic rings. The summed E-state index contributed by atoms with van der Waals surface area (Å²) in [7, 11) is 0. The lowest BCUT2D eigenvalue weighted by Gasteiger charge is -2.15. The van der Waals surface area contributed by atoms with Crippen LogP contribution in [0.3, 0.4) is 0 Å². The van der Waals surface area contributed by atoms with Crippen molar-refractivity contribution in [3.8, 4) is 0 Å². The monoisotopic (exact) mass is 270 g/mol. The molecular weight excluding hydrogens is 256 g/mol. The first-order chi connectivity index (χ1) is 9.66. The first-order valence-electron chi connectivity index (χ1n) is 6.19. The van der Waals surface area contributed by atoms with Crippen LogP contribution in [0.4, 0.5) is 4.79 Å². The molecule has 0 aromatic heterocycles. The van der Waals surface area contributed by atoms with Gasteiger partial charge in [-0.25, -0.2) is 4.79 Å². The van der Waals surface area contributed by atoms with Crippen molar-refractivity contribution < 1.29 is 19.4 Å². The van der Waals surface area contributed by atoms with Gasteiger partial charge in [0.1, 0.15) is 6.10 Å². The van der Waals surface area contributed by atoms with E-state index in [2.05, 4.69) is 0 Å². The summed E-state index contributed by atoms with van der Waals surface area (Å²) in [5.74, 6) is -0.152. The van der Waals surface area contributed by atoms with Gasteiger partial charge in [-0.1, -0.05) is 60.7 Å². The molecule has 0 saturated heterocycles. The molecule has 0 aliphatic rings. The van der Waals surface area contributed by atoms with Gasteiger partial charge in [-0.2, -0.15) is 0 Å². The van der Waals surface area contributed by atoms with Crippen LogP contribution in [-0.2, 0) is 4.74 Å². The fourth-order valence-electron chi connectivity index (χ4n) is 1.93. The maximum atomic E-state index is 12.1. The molecule has 0 radical (unpaired) electrons. The maximum absolute atomic E-state index is 12.1. The second-order valence-corrected chi connectivity index (χ2v) is 4.28. The number of carbonyl (C=O) groups excluding carboxylic acids is 1. The molecule has 0 heterocycles. The topological polar surface area (TPSA) is 63.6 Å². The van der Waals surface area contributed by atoms with E-state index in [1.807, 2.05) is 12.1 Å². The molecule has 4 heteroatoms. The number of benzene rings is 2. The number of ketones is 1. The molecule has 2 aromatic carbocycles. The molecule has 0 saturated carbocycles. The van der Waals surface area contributed by atoms with E-state index in [4.69, 9.17) is 9.84 Å². The molecule has 4 nitrogen and oxygen atoms in total. The molecule has 0 aliphatic heterocycles. The third-order valence-electron chi connectivity index (χ3n) is 2.88. The summed E-state index contributed by atoms with van der Waals surface area (Å²) in [5.41, 5.74) is 1.21. The minimum atomic E-state index is -1.39. The van der Waals surface area contributed by atoms with Gasteiger partial charge in [0.15, 0.2) is 5.78 Å². The van der Waals surface area contributed by atoms with Crippen molar-refractivity contribution >= 4 is 11.9 Å². The van der Waals surface area contributed by atoms with Crippen molar-refractivity contribution in [1.29, 1.82) is 0 Å². The highest BCUT2D eigenvalue weighted by Crippen LogP contribution is 2.23. The average molecular weight is 270 g/mol. The number of rotatable bonds is 5. The highest BCUT2D eigenvalue weighted by Gasteiger charge is 2.20. The van der Waals surface area contributed by atoms with E-state index in [1.165, 1.54) is 0 Å². The lowest BCUT2D eigenvalue weighted by Crippen LogP contribution is -2.14. The van der Waals surface area contributed by atoms with Crippen LogP contribution < -0.4 is 0 Å². The number of carboxylic acid groups (broad SMARTS) is 1. The largest absolute Gasteiger partial charge is 0.506 e. The Morgan fingerprint density at radius 2 is 1.50 bits per heavy atom. The Hall–Kier alpha value is -2.62. The number of Topliss-reactive ketones (excluding diaryl/α,β-unsaturated/α-hetero) is 1. The zero-order chi connectivity index (χ0) is 14.4. The Morgan fingerprint density at radius 3 is 2.05 bits per heavy atom. The van der Waals surface area contributed by atoms with Gasteiger partial charge in [0, 0.05) is 5.56 Å². The van der Waals surface area contributed by atoms with E-state index < -0.39 is 12.3 Å². The predicted molar refractivity (Wildman–Crippen MR) is 73.7 cm³/mol. The van der Waals surface area contributed by atoms with Crippen LogP contribution in [0.5, 0.6) is 0 Å². The third-order valence-corrected chi connectivity index (χ3v) is 2.88. The highest BCUT2D eigenvalue weighted by molar-refractivity contribution is 5.96. The van der Waals surface area contributed by atoms with Gasteiger partial charge in [-0.3, -0.25) is 4.79 Å². The molecule has 1 unspecified atom stereocenters. The first-order valence-corrected chi connectivity index (χ1v) is 6.19. The fourth-order valence-corrected chi connectivity index (χ4v) is 1.93. The van der Waals surface area contributed by atoms with Crippen LogP contribution in [-0.4, -0.2) is 17.0 Å². The molecule has 2 rings (SSSR count). The van der Waals surface area contributed by atoms with E-state index in [-0.39, 0.29) is 12.2 Å². The third kappa shape index (κ3) is 3.68. The fraction of sp³-hybridized carbons (Fsp3) is 0.125. The summed E-state index contributed by atoms with van der Waals surface area (Å²) in [6.45, 7) is 0. The molecule has 0 spiro atoms. The smallest absolute Gasteiger partial charge is 0.450 e. The van der Waals surface area contributed by atoms with E-state index in [9.17, 15) is 9.59 Å². The van der Waals surface area contributed by atoms with Gasteiger partial charge in [0.2, 0.25) is 0 Å². The average Bonchev–Trinajstić information content (AvgIpc) is 2.48. The molecule has 0 amide bonds. The molecule has 1 N–H and O–H groups in total. The number of hydrogen-bond acceptors (Lipinski definition) is 3. The molecule has 20 heavy (non-hydrogen) atoms. The predicted octanol–water partition coefficient (Wildman–Crippen LogP) is 3.70. The minimum absolute atomic E-state index is 0.0136. The summed E-state index contributed by atoms with van der Waals surface area (Å²) in [5, 5.41) is 8.80. The van der Waals surface area contributed by atoms with E-state index in [1.54, 1.807) is 48.5 Å². The molecule has 0 bridgehead atoms. The zero-order valence-corrected chi connectivity index (χ0v) is 10.7. The Morgan fingerprint density at radius 1 is 0.950 bits per heavy atom. The van der Waals surface area contributed by atoms with E-state index in [0.29, 0.717) is 11.1 Å². The van der Waals surface area contributed by atoms with E-state index in [0.717, 1.165) is 0 Å². The minimum Gasteiger partial charge on any atom is -0.450 e. The van der Waals surface area contributed by atoms with Gasteiger partial charge in [0.05, 0.1) is 6.42 Å². The quantitative estimate of drug-likeness (QED) is 0.664. The van der Waals surface area contributed by atoms with Crippen LogP contribution >= 0.6 is 0 Å². The molecule has 102 valence electrons. The number of ether oxygens (including phenoxy) is 1. The standard InChI is InChI=1S/C16H14O4/c17-14(12-7-3-1-4-8-12)11-15(20-16(18)19)13-9-5-2-6-10-13/h1-10,15H,11H2,(H,18,19). The summed E-state index contributed by atoms with van der Waals surface area (Å²) >= 11 is 0.